The Labute approximate surface area is 116 Å². The first-order valence-corrected chi connectivity index (χ1v) is 6.35. The largest absolute Gasteiger partial charge is 0.496 e. The van der Waals surface area contributed by atoms with Crippen molar-refractivity contribution in [2.75, 3.05) is 7.11 Å². The number of aryl methyl sites for hydroxylation is 1. The quantitative estimate of drug-likeness (QED) is 0.800. The molecule has 0 unspecified atom stereocenters. The van der Waals surface area contributed by atoms with Crippen LogP contribution in [-0.2, 0) is 6.54 Å². The molecule has 0 aliphatic rings. The van der Waals surface area contributed by atoms with Crippen molar-refractivity contribution in [3.63, 3.8) is 0 Å². The highest BCUT2D eigenvalue weighted by atomic mass is 16.5. The van der Waals surface area contributed by atoms with Gasteiger partial charge in [-0.2, -0.15) is 5.10 Å². The average Bonchev–Trinajstić information content (AvgIpc) is 2.47. The van der Waals surface area contributed by atoms with Gasteiger partial charge in [0.1, 0.15) is 5.75 Å². The van der Waals surface area contributed by atoms with E-state index in [-0.39, 0.29) is 16.9 Å². The molecule has 104 valence electrons. The van der Waals surface area contributed by atoms with Crippen LogP contribution in [0.5, 0.6) is 5.75 Å². The summed E-state index contributed by atoms with van der Waals surface area (Å²) in [5.41, 5.74) is 1.08. The fourth-order valence-electron chi connectivity index (χ4n) is 2.00. The van der Waals surface area contributed by atoms with E-state index in [1.165, 1.54) is 17.7 Å². The zero-order valence-electron chi connectivity index (χ0n) is 11.7. The molecule has 0 saturated carbocycles. The van der Waals surface area contributed by atoms with Gasteiger partial charge >= 0.3 is 0 Å². The summed E-state index contributed by atoms with van der Waals surface area (Å²) in [6, 6.07) is 8.88. The molecule has 0 aliphatic heterocycles. The second-order valence-corrected chi connectivity index (χ2v) is 4.32. The number of ketones is 1. The number of benzene rings is 1. The fourth-order valence-corrected chi connectivity index (χ4v) is 2.00. The van der Waals surface area contributed by atoms with Crippen LogP contribution in [0.15, 0.2) is 35.1 Å². The summed E-state index contributed by atoms with van der Waals surface area (Å²) < 4.78 is 6.58. The molecule has 1 aromatic carbocycles. The van der Waals surface area contributed by atoms with E-state index < -0.39 is 0 Å². The fraction of sp³-hybridized carbons (Fsp3) is 0.267. The maximum absolute atomic E-state index is 12.0. The lowest BCUT2D eigenvalue weighted by molar-refractivity contribution is 0.101. The van der Waals surface area contributed by atoms with Gasteiger partial charge in [0, 0.05) is 12.1 Å². The SMILES string of the molecule is CCn1nc(-c2ccccc2OC)cc(C(C)=O)c1=O. The number of aromatic nitrogens is 2. The van der Waals surface area contributed by atoms with E-state index >= 15 is 0 Å². The molecule has 2 rings (SSSR count). The first-order valence-electron chi connectivity index (χ1n) is 6.35. The Kier molecular flexibility index (Phi) is 3.98. The second-order valence-electron chi connectivity index (χ2n) is 4.32. The third-order valence-corrected chi connectivity index (χ3v) is 3.04. The smallest absolute Gasteiger partial charge is 0.277 e. The molecular formula is C15H16N2O3. The molecule has 5 heteroatoms. The molecule has 0 aliphatic carbocycles. The van der Waals surface area contributed by atoms with Gasteiger partial charge in [0.2, 0.25) is 0 Å². The standard InChI is InChI=1S/C15H16N2O3/c1-4-17-15(19)12(10(2)18)9-13(16-17)11-7-5-6-8-14(11)20-3/h5-9H,4H2,1-3H3. The van der Waals surface area contributed by atoms with Gasteiger partial charge in [-0.3, -0.25) is 9.59 Å². The Hall–Kier alpha value is -2.43. The van der Waals surface area contributed by atoms with Crippen molar-refractivity contribution >= 4 is 5.78 Å². The molecule has 5 nitrogen and oxygen atoms in total. The van der Waals surface area contributed by atoms with Crippen molar-refractivity contribution in [1.82, 2.24) is 9.78 Å². The number of hydrogen-bond donors (Lipinski definition) is 0. The number of Topliss-reactive ketones (excluding diaryl/α,β-unsaturated/α-hetero) is 1. The van der Waals surface area contributed by atoms with E-state index in [2.05, 4.69) is 5.10 Å². The van der Waals surface area contributed by atoms with Crippen molar-refractivity contribution in [2.45, 2.75) is 20.4 Å². The molecule has 0 N–H and O–H groups in total. The van der Waals surface area contributed by atoms with Crippen LogP contribution in [0.25, 0.3) is 11.3 Å². The predicted octanol–water partition coefficient (Wildman–Crippen LogP) is 2.14. The number of carbonyl (C=O) groups excluding carboxylic acids is 1. The van der Waals surface area contributed by atoms with Crippen LogP contribution < -0.4 is 10.3 Å². The van der Waals surface area contributed by atoms with Crippen molar-refractivity contribution in [2.24, 2.45) is 0 Å². The van der Waals surface area contributed by atoms with Crippen LogP contribution >= 0.6 is 0 Å². The first kappa shape index (κ1) is 14.0. The first-order chi connectivity index (χ1) is 9.58. The van der Waals surface area contributed by atoms with Gasteiger partial charge in [-0.15, -0.1) is 0 Å². The summed E-state index contributed by atoms with van der Waals surface area (Å²) in [5.74, 6) is 0.381. The molecule has 0 saturated heterocycles. The minimum absolute atomic E-state index is 0.141. The molecule has 0 amide bonds. The number of methoxy groups -OCH3 is 1. The van der Waals surface area contributed by atoms with Crippen LogP contribution in [0.1, 0.15) is 24.2 Å². The number of hydrogen-bond acceptors (Lipinski definition) is 4. The van der Waals surface area contributed by atoms with E-state index in [0.29, 0.717) is 18.0 Å². The summed E-state index contributed by atoms with van der Waals surface area (Å²) in [4.78, 5) is 23.6. The summed E-state index contributed by atoms with van der Waals surface area (Å²) in [5, 5.41) is 4.28. The molecule has 0 fully saturated rings. The van der Waals surface area contributed by atoms with Crippen LogP contribution in [0.2, 0.25) is 0 Å². The molecule has 2 aromatic rings. The van der Waals surface area contributed by atoms with Crippen molar-refractivity contribution in [1.29, 1.82) is 0 Å². The Morgan fingerprint density at radius 1 is 1.35 bits per heavy atom. The van der Waals surface area contributed by atoms with Gasteiger partial charge in [0.25, 0.3) is 5.56 Å². The lowest BCUT2D eigenvalue weighted by Gasteiger charge is -2.10. The van der Waals surface area contributed by atoms with Crippen LogP contribution in [0.3, 0.4) is 0 Å². The number of nitrogens with zero attached hydrogens (tertiary/aromatic N) is 2. The zero-order chi connectivity index (χ0) is 14.7. The third kappa shape index (κ3) is 2.47. The van der Waals surface area contributed by atoms with Gasteiger partial charge in [-0.25, -0.2) is 4.68 Å². The maximum atomic E-state index is 12.0. The zero-order valence-corrected chi connectivity index (χ0v) is 11.7. The number of rotatable bonds is 4. The van der Waals surface area contributed by atoms with E-state index in [1.807, 2.05) is 31.2 Å². The average molecular weight is 272 g/mol. The lowest BCUT2D eigenvalue weighted by atomic mass is 10.1. The number of para-hydroxylation sites is 1. The summed E-state index contributed by atoms with van der Waals surface area (Å²) >= 11 is 0. The minimum atomic E-state index is -0.362. The highest BCUT2D eigenvalue weighted by Gasteiger charge is 2.14. The predicted molar refractivity (Wildman–Crippen MR) is 76.2 cm³/mol. The van der Waals surface area contributed by atoms with E-state index in [4.69, 9.17) is 4.74 Å². The lowest BCUT2D eigenvalue weighted by Crippen LogP contribution is -2.27. The monoisotopic (exact) mass is 272 g/mol. The highest BCUT2D eigenvalue weighted by molar-refractivity contribution is 5.94. The van der Waals surface area contributed by atoms with Crippen LogP contribution in [-0.4, -0.2) is 22.7 Å². The molecular weight excluding hydrogens is 256 g/mol. The maximum Gasteiger partial charge on any atom is 0.277 e. The Bertz CT molecular complexity index is 705. The van der Waals surface area contributed by atoms with E-state index in [1.54, 1.807) is 7.11 Å². The summed E-state index contributed by atoms with van der Waals surface area (Å²) in [6.45, 7) is 3.59. The normalized spacial score (nSPS) is 10.3. The molecule has 0 radical (unpaired) electrons. The molecule has 0 atom stereocenters. The van der Waals surface area contributed by atoms with Crippen LogP contribution in [0, 0.1) is 0 Å². The Balaban J connectivity index is 2.72. The summed E-state index contributed by atoms with van der Waals surface area (Å²) in [6.07, 6.45) is 0. The number of ether oxygens (including phenoxy) is 1. The van der Waals surface area contributed by atoms with Crippen molar-refractivity contribution in [3.8, 4) is 17.0 Å². The topological polar surface area (TPSA) is 61.2 Å². The van der Waals surface area contributed by atoms with Gasteiger partial charge in [-0.05, 0) is 32.0 Å². The number of carbonyl (C=O) groups is 1. The molecule has 0 bridgehead atoms. The molecule has 20 heavy (non-hydrogen) atoms. The minimum Gasteiger partial charge on any atom is -0.496 e. The van der Waals surface area contributed by atoms with Crippen molar-refractivity contribution < 1.29 is 9.53 Å². The van der Waals surface area contributed by atoms with E-state index in [9.17, 15) is 9.59 Å². The van der Waals surface area contributed by atoms with Gasteiger partial charge in [-0.1, -0.05) is 12.1 Å². The van der Waals surface area contributed by atoms with Crippen molar-refractivity contribution in [3.05, 3.63) is 46.2 Å². The molecule has 1 heterocycles. The van der Waals surface area contributed by atoms with E-state index in [0.717, 1.165) is 5.56 Å². The van der Waals surface area contributed by atoms with Gasteiger partial charge in [0.15, 0.2) is 5.78 Å². The molecule has 0 spiro atoms. The highest BCUT2D eigenvalue weighted by Crippen LogP contribution is 2.27. The van der Waals surface area contributed by atoms with Gasteiger partial charge < -0.3 is 4.74 Å². The Morgan fingerprint density at radius 3 is 2.65 bits per heavy atom. The molecule has 1 aromatic heterocycles. The second kappa shape index (κ2) is 5.69. The Morgan fingerprint density at radius 2 is 2.05 bits per heavy atom. The van der Waals surface area contributed by atoms with Crippen LogP contribution in [0.4, 0.5) is 0 Å². The van der Waals surface area contributed by atoms with Gasteiger partial charge in [0.05, 0.1) is 18.4 Å². The summed E-state index contributed by atoms with van der Waals surface area (Å²) in [7, 11) is 1.57. The third-order valence-electron chi connectivity index (χ3n) is 3.04.